The third-order valence-corrected chi connectivity index (χ3v) is 5.33. The predicted molar refractivity (Wildman–Crippen MR) is 129 cm³/mol. The molecule has 4 aromatic rings. The average Bonchev–Trinajstić information content (AvgIpc) is 3.26. The highest BCUT2D eigenvalue weighted by Gasteiger charge is 2.20. The molecule has 8 heteroatoms. The van der Waals surface area contributed by atoms with Gasteiger partial charge in [-0.15, -0.1) is 0 Å². The Balaban J connectivity index is 1.56. The average molecular weight is 483 g/mol. The number of fused-ring (bicyclic) bond motifs is 1. The molecule has 0 spiro atoms. The highest BCUT2D eigenvalue weighted by molar-refractivity contribution is 5.80. The molecule has 0 radical (unpaired) electrons. The minimum atomic E-state index is -0.510. The number of aromatic amines is 1. The van der Waals surface area contributed by atoms with Gasteiger partial charge in [0, 0.05) is 24.3 Å². The molecule has 1 N–H and O–H groups in total. The number of ether oxygens (including phenoxy) is 4. The molecule has 1 atom stereocenters. The van der Waals surface area contributed by atoms with Crippen LogP contribution in [0.3, 0.4) is 0 Å². The van der Waals surface area contributed by atoms with Gasteiger partial charge in [0.25, 0.3) is 0 Å². The van der Waals surface area contributed by atoms with Crippen molar-refractivity contribution in [2.45, 2.75) is 33.5 Å². The third kappa shape index (κ3) is 5.71. The summed E-state index contributed by atoms with van der Waals surface area (Å²) in [5, 5.41) is 0. The van der Waals surface area contributed by atoms with Gasteiger partial charge >= 0.3 is 0 Å². The van der Waals surface area contributed by atoms with Crippen LogP contribution in [0.25, 0.3) is 11.0 Å². The van der Waals surface area contributed by atoms with Gasteiger partial charge in [-0.1, -0.05) is 12.1 Å². The minimum Gasteiger partial charge on any atom is -0.490 e. The molecular weight excluding hydrogens is 454 g/mol. The van der Waals surface area contributed by atoms with Gasteiger partial charge in [-0.05, 0) is 56.7 Å². The van der Waals surface area contributed by atoms with Gasteiger partial charge in [0.1, 0.15) is 35.9 Å². The van der Waals surface area contributed by atoms with E-state index in [0.717, 1.165) is 34.8 Å². The van der Waals surface area contributed by atoms with E-state index in [1.54, 1.807) is 12.1 Å². The molecule has 0 amide bonds. The fourth-order valence-electron chi connectivity index (χ4n) is 3.75. The van der Waals surface area contributed by atoms with Gasteiger partial charge in [-0.3, -0.25) is 0 Å². The van der Waals surface area contributed by atoms with Crippen LogP contribution in [-0.2, 0) is 11.3 Å². The van der Waals surface area contributed by atoms with Gasteiger partial charge < -0.3 is 23.9 Å². The van der Waals surface area contributed by atoms with Crippen LogP contribution in [0.4, 0.5) is 8.78 Å². The van der Waals surface area contributed by atoms with Crippen LogP contribution in [0.2, 0.25) is 0 Å². The molecule has 35 heavy (non-hydrogen) atoms. The number of hydrogen-bond acceptors (Lipinski definition) is 5. The number of imidazole rings is 1. The Labute approximate surface area is 202 Å². The maximum Gasteiger partial charge on any atom is 0.163 e. The molecule has 0 aliphatic heterocycles. The van der Waals surface area contributed by atoms with E-state index in [1.165, 1.54) is 0 Å². The summed E-state index contributed by atoms with van der Waals surface area (Å²) in [4.78, 5) is 8.08. The predicted octanol–water partition coefficient (Wildman–Crippen LogP) is 6.34. The van der Waals surface area contributed by atoms with E-state index in [-0.39, 0.29) is 12.2 Å². The number of rotatable bonds is 11. The van der Waals surface area contributed by atoms with Crippen LogP contribution in [-0.4, -0.2) is 29.8 Å². The van der Waals surface area contributed by atoms with Crippen molar-refractivity contribution in [3.05, 3.63) is 83.2 Å². The van der Waals surface area contributed by atoms with Gasteiger partial charge in [-0.25, -0.2) is 13.8 Å². The number of benzene rings is 3. The summed E-state index contributed by atoms with van der Waals surface area (Å²) in [6.07, 6.45) is -0.437. The maximum absolute atomic E-state index is 13.8. The van der Waals surface area contributed by atoms with Crippen LogP contribution < -0.4 is 14.2 Å². The third-order valence-electron chi connectivity index (χ3n) is 5.33. The lowest BCUT2D eigenvalue weighted by atomic mass is 10.1. The van der Waals surface area contributed by atoms with Crippen molar-refractivity contribution >= 4 is 11.0 Å². The largest absolute Gasteiger partial charge is 0.490 e. The molecule has 0 aliphatic rings. The van der Waals surface area contributed by atoms with E-state index < -0.39 is 17.7 Å². The SMILES string of the molecule is CCOc1cc2nc(C(OCC)c3ccc(OCc4cc(F)ccc4F)cc3)[nH]c2cc1OCC. The zero-order valence-electron chi connectivity index (χ0n) is 19.9. The van der Waals surface area contributed by atoms with E-state index in [2.05, 4.69) is 4.98 Å². The zero-order chi connectivity index (χ0) is 24.8. The van der Waals surface area contributed by atoms with Crippen molar-refractivity contribution in [2.75, 3.05) is 19.8 Å². The van der Waals surface area contributed by atoms with Crippen LogP contribution >= 0.6 is 0 Å². The fraction of sp³-hybridized carbons (Fsp3) is 0.296. The second kappa shape index (κ2) is 11.2. The summed E-state index contributed by atoms with van der Waals surface area (Å²) in [7, 11) is 0. The van der Waals surface area contributed by atoms with Gasteiger partial charge in [0.05, 0.1) is 24.2 Å². The quantitative estimate of drug-likeness (QED) is 0.270. The molecule has 1 heterocycles. The Hall–Kier alpha value is -3.65. The van der Waals surface area contributed by atoms with E-state index >= 15 is 0 Å². The van der Waals surface area contributed by atoms with Crippen molar-refractivity contribution in [3.8, 4) is 17.2 Å². The van der Waals surface area contributed by atoms with E-state index in [0.29, 0.717) is 42.9 Å². The Kier molecular flexibility index (Phi) is 7.82. The number of H-pyrrole nitrogens is 1. The first kappa shape index (κ1) is 24.5. The summed E-state index contributed by atoms with van der Waals surface area (Å²) in [5.41, 5.74) is 2.58. The molecule has 0 saturated carbocycles. The Bertz CT molecular complexity index is 1230. The second-order valence-corrected chi connectivity index (χ2v) is 7.73. The van der Waals surface area contributed by atoms with Gasteiger partial charge in [0.15, 0.2) is 11.5 Å². The molecule has 1 aromatic heterocycles. The molecule has 3 aromatic carbocycles. The first-order valence-corrected chi connectivity index (χ1v) is 11.6. The Morgan fingerprint density at radius 3 is 2.23 bits per heavy atom. The van der Waals surface area contributed by atoms with E-state index in [1.807, 2.05) is 45.0 Å². The summed E-state index contributed by atoms with van der Waals surface area (Å²) < 4.78 is 50.3. The standard InChI is InChI=1S/C27H28F2N2O4/c1-4-32-24-14-22-23(15-25(24)33-5-2)31-27(30-22)26(34-6-3)17-7-10-20(11-8-17)35-16-18-13-19(28)9-12-21(18)29/h7-15,26H,4-6,16H2,1-3H3,(H,30,31). The lowest BCUT2D eigenvalue weighted by Crippen LogP contribution is -2.08. The van der Waals surface area contributed by atoms with E-state index in [9.17, 15) is 8.78 Å². The van der Waals surface area contributed by atoms with Crippen molar-refractivity contribution in [3.63, 3.8) is 0 Å². The maximum atomic E-state index is 13.8. The molecule has 184 valence electrons. The molecule has 1 unspecified atom stereocenters. The van der Waals surface area contributed by atoms with Gasteiger partial charge in [-0.2, -0.15) is 0 Å². The Morgan fingerprint density at radius 2 is 1.54 bits per heavy atom. The summed E-state index contributed by atoms with van der Waals surface area (Å²) >= 11 is 0. The molecule has 0 saturated heterocycles. The molecule has 0 bridgehead atoms. The monoisotopic (exact) mass is 482 g/mol. The molecular formula is C27H28F2N2O4. The zero-order valence-corrected chi connectivity index (χ0v) is 19.9. The lowest BCUT2D eigenvalue weighted by molar-refractivity contribution is 0.0859. The van der Waals surface area contributed by atoms with Crippen molar-refractivity contribution in [2.24, 2.45) is 0 Å². The minimum absolute atomic E-state index is 0.0776. The number of halogens is 2. The number of nitrogens with one attached hydrogen (secondary N) is 1. The molecule has 0 aliphatic carbocycles. The van der Waals surface area contributed by atoms with Crippen LogP contribution in [0.15, 0.2) is 54.6 Å². The first-order chi connectivity index (χ1) is 17.0. The van der Waals surface area contributed by atoms with Crippen LogP contribution in [0.5, 0.6) is 17.2 Å². The summed E-state index contributed by atoms with van der Waals surface area (Å²) in [6, 6.07) is 14.3. The summed E-state index contributed by atoms with van der Waals surface area (Å²) in [6.45, 7) is 7.20. The Morgan fingerprint density at radius 1 is 0.829 bits per heavy atom. The number of aromatic nitrogens is 2. The number of hydrogen-bond donors (Lipinski definition) is 1. The van der Waals surface area contributed by atoms with Crippen molar-refractivity contribution in [1.29, 1.82) is 0 Å². The molecule has 4 rings (SSSR count). The van der Waals surface area contributed by atoms with Gasteiger partial charge in [0.2, 0.25) is 0 Å². The highest BCUT2D eigenvalue weighted by atomic mass is 19.1. The van der Waals surface area contributed by atoms with Crippen molar-refractivity contribution in [1.82, 2.24) is 9.97 Å². The number of nitrogens with zero attached hydrogens (tertiary/aromatic N) is 1. The molecule has 0 fully saturated rings. The highest BCUT2D eigenvalue weighted by Crippen LogP contribution is 2.34. The van der Waals surface area contributed by atoms with Crippen LogP contribution in [0.1, 0.15) is 43.8 Å². The summed E-state index contributed by atoms with van der Waals surface area (Å²) in [5.74, 6) is 1.45. The van der Waals surface area contributed by atoms with Crippen LogP contribution in [0, 0.1) is 11.6 Å². The molecule has 6 nitrogen and oxygen atoms in total. The first-order valence-electron chi connectivity index (χ1n) is 11.6. The topological polar surface area (TPSA) is 65.6 Å². The normalized spacial score (nSPS) is 12.0. The second-order valence-electron chi connectivity index (χ2n) is 7.73. The smallest absolute Gasteiger partial charge is 0.163 e. The fourth-order valence-corrected chi connectivity index (χ4v) is 3.75. The lowest BCUT2D eigenvalue weighted by Gasteiger charge is -2.16. The van der Waals surface area contributed by atoms with E-state index in [4.69, 9.17) is 23.9 Å². The van der Waals surface area contributed by atoms with Crippen molar-refractivity contribution < 1.29 is 27.7 Å².